The van der Waals surface area contributed by atoms with E-state index in [1.165, 1.54) is 36.0 Å². The Bertz CT molecular complexity index is 2520. The largest absolute Gasteiger partial charge is 0.477 e. The van der Waals surface area contributed by atoms with Gasteiger partial charge in [0.2, 0.25) is 0 Å². The van der Waals surface area contributed by atoms with Crippen LogP contribution in [0, 0.1) is 0 Å². The number of oxime groups is 1. The number of aromatic nitrogens is 4. The molecule has 3 aliphatic heterocycles. The lowest BCUT2D eigenvalue weighted by atomic mass is 9.83. The fourth-order valence-electron chi connectivity index (χ4n) is 6.31. The topological polar surface area (TPSA) is 374 Å². The lowest BCUT2D eigenvalue weighted by Gasteiger charge is -2.49. The molecule has 24 nitrogen and oxygen atoms in total. The minimum atomic E-state index is -1.49. The number of nitrogens with two attached hydrogens (primary N) is 1. The summed E-state index contributed by atoms with van der Waals surface area (Å²) in [5, 5.41) is 67.3. The van der Waals surface area contributed by atoms with Crippen molar-refractivity contribution < 1.29 is 59.4 Å². The zero-order chi connectivity index (χ0) is 47.6. The molecule has 0 aliphatic carbocycles. The van der Waals surface area contributed by atoms with Crippen LogP contribution >= 0.6 is 34.9 Å². The van der Waals surface area contributed by atoms with Gasteiger partial charge in [0, 0.05) is 23.9 Å². The third-order valence-electron chi connectivity index (χ3n) is 9.47. The summed E-state index contributed by atoms with van der Waals surface area (Å²) in [6, 6.07) is 17.0. The van der Waals surface area contributed by atoms with Gasteiger partial charge >= 0.3 is 23.1 Å². The van der Waals surface area contributed by atoms with Crippen molar-refractivity contribution in [1.29, 1.82) is 0 Å². The lowest BCUT2D eigenvalue weighted by Crippen LogP contribution is -2.71. The van der Waals surface area contributed by atoms with Gasteiger partial charge < -0.3 is 51.8 Å². The summed E-state index contributed by atoms with van der Waals surface area (Å²) in [7, 11) is 2.74. The normalized spacial score (nSPS) is 18.8. The Hall–Kier alpha value is -6.46. The van der Waals surface area contributed by atoms with E-state index in [9.17, 15) is 38.7 Å². The molecule has 5 amide bonds. The second-order valence-electron chi connectivity index (χ2n) is 13.7. The zero-order valence-electron chi connectivity index (χ0n) is 34.1. The number of carbonyl (C=O) groups is 5. The van der Waals surface area contributed by atoms with Crippen LogP contribution < -0.4 is 32.8 Å². The van der Waals surface area contributed by atoms with Crippen LogP contribution in [0.4, 0.5) is 9.93 Å². The van der Waals surface area contributed by atoms with E-state index < -0.39 is 83.4 Å². The number of imide groups is 1. The van der Waals surface area contributed by atoms with Gasteiger partial charge in [-0.2, -0.15) is 4.98 Å². The monoisotopic (exact) mass is 958 g/mol. The minimum Gasteiger partial charge on any atom is -0.477 e. The summed E-state index contributed by atoms with van der Waals surface area (Å²) < 4.78 is 1.25. The number of nitrogens with zero attached hydrogens (tertiary/aromatic N) is 5. The number of carbonyl (C=O) groups excluding carboxylic acids is 4. The van der Waals surface area contributed by atoms with Gasteiger partial charge in [-0.25, -0.2) is 14.6 Å². The number of hydrogen-bond acceptors (Lipinski definition) is 20. The number of β-lactam (4-membered cyclic amide) rings is 1. The number of hydrogen-bond donors (Lipinski definition) is 11. The average Bonchev–Trinajstić information content (AvgIpc) is 3.88. The van der Waals surface area contributed by atoms with Gasteiger partial charge in [0.1, 0.15) is 48.2 Å². The van der Waals surface area contributed by atoms with Crippen LogP contribution in [0.1, 0.15) is 16.8 Å². The third kappa shape index (κ3) is 11.1. The number of benzene rings is 2. The van der Waals surface area contributed by atoms with E-state index in [2.05, 4.69) is 36.2 Å². The van der Waals surface area contributed by atoms with E-state index in [0.717, 1.165) is 39.1 Å². The van der Waals surface area contributed by atoms with Crippen LogP contribution in [-0.4, -0.2) is 152 Å². The molecule has 65 heavy (non-hydrogen) atoms. The quantitative estimate of drug-likeness (QED) is 0.0152. The van der Waals surface area contributed by atoms with Crippen molar-refractivity contribution in [3.8, 4) is 0 Å². The molecule has 0 spiro atoms. The number of nitrogen functional groups attached to an aromatic ring is 1. The van der Waals surface area contributed by atoms with E-state index in [4.69, 9.17) is 36.1 Å². The molecule has 0 bridgehead atoms. The SMILES string of the molecule is CO/N=C(\C(=O)N[C@@H]1C(=O)N2C(C(=O)O)=C(CSc3nc(=O)c(=O)[nH]n3C)CS[C@H]12)c1csc(N)n1.O=C1NC(=O)C(c2ccccc2)(c2ccccc2)N1.OC[C@@H](O)C(O)[C@@H](O)CO. The predicted molar refractivity (Wildman–Crippen MR) is 233 cm³/mol. The minimum absolute atomic E-state index is 0.102. The molecule has 12 N–H and O–H groups in total. The van der Waals surface area contributed by atoms with E-state index in [1.54, 1.807) is 0 Å². The second kappa shape index (κ2) is 22.0. The van der Waals surface area contributed by atoms with Crippen LogP contribution in [0.15, 0.2) is 97.2 Å². The number of H-pyrrole nitrogens is 1. The highest BCUT2D eigenvalue weighted by Crippen LogP contribution is 2.41. The molecular weight excluding hydrogens is 917 g/mol. The summed E-state index contributed by atoms with van der Waals surface area (Å²) in [4.78, 5) is 98.1. The second-order valence-corrected chi connectivity index (χ2v) is 16.6. The molecular formula is C38H42N10O14S3. The molecule has 2 fully saturated rings. The Morgan fingerprint density at radius 1 is 1.00 bits per heavy atom. The number of anilines is 1. The smallest absolute Gasteiger partial charge is 0.352 e. The van der Waals surface area contributed by atoms with Crippen LogP contribution in [-0.2, 0) is 36.6 Å². The van der Waals surface area contributed by atoms with Gasteiger partial charge in [-0.1, -0.05) is 77.6 Å². The Kier molecular flexibility index (Phi) is 16.7. The molecule has 3 aliphatic rings. The Labute approximate surface area is 379 Å². The third-order valence-corrected chi connectivity index (χ3v) is 12.6. The van der Waals surface area contributed by atoms with Crippen molar-refractivity contribution in [1.82, 2.24) is 40.6 Å². The molecule has 7 rings (SSSR count). The number of thioether (sulfide) groups is 2. The molecule has 2 aromatic heterocycles. The van der Waals surface area contributed by atoms with Gasteiger partial charge in [0.05, 0.1) is 13.2 Å². The van der Waals surface area contributed by atoms with Crippen molar-refractivity contribution >= 4 is 75.4 Å². The molecule has 5 atom stereocenters. The molecule has 0 radical (unpaired) electrons. The summed E-state index contributed by atoms with van der Waals surface area (Å²) in [5.41, 5.74) is 4.34. The first kappa shape index (κ1) is 49.6. The van der Waals surface area contributed by atoms with Gasteiger partial charge in [-0.3, -0.25) is 44.0 Å². The number of amides is 5. The maximum absolute atomic E-state index is 12.9. The Morgan fingerprint density at radius 3 is 2.09 bits per heavy atom. The number of urea groups is 1. The number of aliphatic hydroxyl groups excluding tert-OH is 5. The number of carboxylic acids is 1. The lowest BCUT2D eigenvalue weighted by molar-refractivity contribution is -0.150. The molecule has 2 saturated heterocycles. The maximum Gasteiger partial charge on any atom is 0.352 e. The molecule has 4 aromatic rings. The van der Waals surface area contributed by atoms with E-state index in [1.807, 2.05) is 60.7 Å². The number of aliphatic hydroxyl groups is 5. The first-order valence-electron chi connectivity index (χ1n) is 18.8. The molecule has 346 valence electrons. The number of aromatic amines is 1. The highest BCUT2D eigenvalue weighted by molar-refractivity contribution is 8.01. The summed E-state index contributed by atoms with van der Waals surface area (Å²) >= 11 is 3.41. The van der Waals surface area contributed by atoms with E-state index >= 15 is 0 Å². The van der Waals surface area contributed by atoms with Gasteiger partial charge in [0.15, 0.2) is 21.5 Å². The van der Waals surface area contributed by atoms with Crippen LogP contribution in [0.5, 0.6) is 0 Å². The number of rotatable bonds is 14. The number of aryl methyl sites for hydroxylation is 1. The molecule has 0 saturated carbocycles. The molecule has 5 heterocycles. The van der Waals surface area contributed by atoms with Gasteiger partial charge in [-0.15, -0.1) is 23.1 Å². The van der Waals surface area contributed by atoms with Crippen molar-refractivity contribution in [3.05, 3.63) is 115 Å². The fraction of sp³-hybridized carbons (Fsp3) is 0.316. The zero-order valence-corrected chi connectivity index (χ0v) is 36.5. The van der Waals surface area contributed by atoms with Crippen molar-refractivity contribution in [3.63, 3.8) is 0 Å². The highest BCUT2D eigenvalue weighted by Gasteiger charge is 2.54. The number of aliphatic carboxylic acids is 1. The van der Waals surface area contributed by atoms with Crippen molar-refractivity contribution in [2.75, 3.05) is 37.6 Å². The van der Waals surface area contributed by atoms with E-state index in [0.29, 0.717) is 5.57 Å². The van der Waals surface area contributed by atoms with Crippen LogP contribution in [0.3, 0.4) is 0 Å². The van der Waals surface area contributed by atoms with Gasteiger partial charge in [0.25, 0.3) is 17.7 Å². The van der Waals surface area contributed by atoms with Crippen LogP contribution in [0.2, 0.25) is 0 Å². The molecule has 1 unspecified atom stereocenters. The standard InChI is InChI=1S/C18H18N8O7S3.C15H12N2O2.C5H12O5/c1-25-18(22-12(28)13(29)23-25)36-4-6-3-34-15-9(14(30)26(15)10(6)16(31)32)21-11(27)8(24-33-2)7-5-35-17(19)20-7;18-13-15(17-14(19)16-13,11-7-3-1-4-8-11)12-9-5-2-6-10-12;6-1-3(8)5(10)4(9)2-7/h5,9,15H,3-4H2,1-2H3,(H2,19,20)(H,21,27)(H,23,29)(H,31,32);1-10H,(H2,16,17,18,19);3-10H,1-2H2/b24-8-;;/t9-,15-;;3-,4+,5?/m1../s1. The fourth-order valence-corrected chi connectivity index (χ4v) is 9.27. The Morgan fingerprint density at radius 2 is 1.60 bits per heavy atom. The number of thiazole rings is 1. The van der Waals surface area contributed by atoms with Crippen molar-refractivity contribution in [2.24, 2.45) is 12.2 Å². The first-order chi connectivity index (χ1) is 31.0. The summed E-state index contributed by atoms with van der Waals surface area (Å²) in [5.74, 6) is -2.65. The van der Waals surface area contributed by atoms with E-state index in [-0.39, 0.29) is 44.8 Å². The maximum atomic E-state index is 12.9. The summed E-state index contributed by atoms with van der Waals surface area (Å²) in [6.45, 7) is -1.28. The molecule has 27 heteroatoms. The number of nitrogens with one attached hydrogen (secondary N) is 4. The Balaban J connectivity index is 0.000000226. The van der Waals surface area contributed by atoms with Crippen molar-refractivity contribution in [2.45, 2.75) is 40.4 Å². The number of carboxylic acid groups (broad SMARTS) is 1. The molecule has 2 aromatic carbocycles. The van der Waals surface area contributed by atoms with Gasteiger partial charge in [-0.05, 0) is 16.7 Å². The average molecular weight is 959 g/mol. The number of fused-ring (bicyclic) bond motifs is 1. The highest BCUT2D eigenvalue weighted by atomic mass is 32.2. The predicted octanol–water partition coefficient (Wildman–Crippen LogP) is -2.79. The summed E-state index contributed by atoms with van der Waals surface area (Å²) in [6.07, 6.45) is -4.29. The first-order valence-corrected chi connectivity index (χ1v) is 21.7. The van der Waals surface area contributed by atoms with Crippen LogP contribution in [0.25, 0.3) is 0 Å².